The van der Waals surface area contributed by atoms with Gasteiger partial charge in [-0.3, -0.25) is 14.6 Å². The summed E-state index contributed by atoms with van der Waals surface area (Å²) in [6.07, 6.45) is 1.00. The minimum atomic E-state index is -0.934. The number of carbonyl (C=O) groups excluding carboxylic acids is 1. The Morgan fingerprint density at radius 3 is 2.54 bits per heavy atom. The number of allylic oxidation sites excluding steroid dienone is 2. The summed E-state index contributed by atoms with van der Waals surface area (Å²) >= 11 is 0. The van der Waals surface area contributed by atoms with Crippen molar-refractivity contribution < 1.29 is 19.8 Å². The van der Waals surface area contributed by atoms with Gasteiger partial charge in [0.1, 0.15) is 5.76 Å². The van der Waals surface area contributed by atoms with Crippen molar-refractivity contribution in [2.24, 2.45) is 10.4 Å². The van der Waals surface area contributed by atoms with E-state index in [0.717, 1.165) is 16.3 Å². The largest absolute Gasteiger partial charge is 0.511 e. The van der Waals surface area contributed by atoms with Crippen molar-refractivity contribution in [2.75, 3.05) is 6.54 Å². The van der Waals surface area contributed by atoms with Crippen LogP contribution in [0.2, 0.25) is 0 Å². The number of rotatable bonds is 5. The number of hydrogen-bond donors (Lipinski definition) is 2. The molecule has 0 aliphatic heterocycles. The lowest BCUT2D eigenvalue weighted by molar-refractivity contribution is -0.136. The van der Waals surface area contributed by atoms with Gasteiger partial charge in [-0.1, -0.05) is 56.3 Å². The van der Waals surface area contributed by atoms with Gasteiger partial charge in [0.2, 0.25) is 0 Å². The Bertz CT molecular complexity index is 980. The fourth-order valence-electron chi connectivity index (χ4n) is 3.75. The van der Waals surface area contributed by atoms with Crippen LogP contribution in [0.15, 0.2) is 58.8 Å². The average molecular weight is 379 g/mol. The first-order valence-corrected chi connectivity index (χ1v) is 9.44. The molecule has 1 aliphatic rings. The number of Topliss-reactive ketones (excluding diaryl/α,β-unsaturated/α-hetero) is 1. The molecule has 0 aromatic heterocycles. The molecular formula is C23H25NO4. The maximum absolute atomic E-state index is 12.8. The number of carboxylic acids is 1. The lowest BCUT2D eigenvalue weighted by atomic mass is 9.73. The summed E-state index contributed by atoms with van der Waals surface area (Å²) in [6, 6.07) is 13.8. The molecule has 0 amide bonds. The smallest absolute Gasteiger partial charge is 0.305 e. The standard InChI is InChI=1S/C23H25NO4/c1-23(2)13-18(24-11-10-21(27)28)22(20(26)14-23)19(25)12-16-8-5-7-15-6-3-4-9-17(15)16/h3-9,25H,10-14H2,1-2H3,(H,27,28). The fraction of sp³-hybridized carbons (Fsp3) is 0.348. The molecule has 2 aromatic carbocycles. The monoisotopic (exact) mass is 379 g/mol. The van der Waals surface area contributed by atoms with Gasteiger partial charge in [-0.25, -0.2) is 0 Å². The molecule has 0 spiro atoms. The van der Waals surface area contributed by atoms with Crippen LogP contribution in [0.3, 0.4) is 0 Å². The zero-order valence-corrected chi connectivity index (χ0v) is 16.2. The summed E-state index contributed by atoms with van der Waals surface area (Å²) in [5.74, 6) is -1.06. The van der Waals surface area contributed by atoms with Crippen molar-refractivity contribution in [3.05, 3.63) is 59.4 Å². The molecule has 146 valence electrons. The van der Waals surface area contributed by atoms with Gasteiger partial charge in [0.25, 0.3) is 0 Å². The fourth-order valence-corrected chi connectivity index (χ4v) is 3.75. The van der Waals surface area contributed by atoms with Crippen molar-refractivity contribution in [3.8, 4) is 0 Å². The number of fused-ring (bicyclic) bond motifs is 1. The van der Waals surface area contributed by atoms with Crippen LogP contribution >= 0.6 is 0 Å². The highest BCUT2D eigenvalue weighted by Gasteiger charge is 2.36. The van der Waals surface area contributed by atoms with Gasteiger partial charge in [-0.2, -0.15) is 0 Å². The molecule has 3 rings (SSSR count). The third-order valence-electron chi connectivity index (χ3n) is 5.01. The third kappa shape index (κ3) is 4.47. The number of benzene rings is 2. The van der Waals surface area contributed by atoms with E-state index in [4.69, 9.17) is 5.11 Å². The number of carboxylic acid groups (broad SMARTS) is 1. The Hall–Kier alpha value is -2.95. The van der Waals surface area contributed by atoms with Crippen LogP contribution < -0.4 is 0 Å². The van der Waals surface area contributed by atoms with Gasteiger partial charge in [-0.05, 0) is 28.2 Å². The molecule has 0 heterocycles. The van der Waals surface area contributed by atoms with Crippen LogP contribution in [0, 0.1) is 5.41 Å². The summed E-state index contributed by atoms with van der Waals surface area (Å²) in [4.78, 5) is 28.0. The molecule has 0 bridgehead atoms. The molecule has 0 unspecified atom stereocenters. The molecule has 5 heteroatoms. The maximum atomic E-state index is 12.8. The van der Waals surface area contributed by atoms with Crippen LogP contribution in [-0.2, 0) is 16.0 Å². The number of ketones is 1. The van der Waals surface area contributed by atoms with Crippen molar-refractivity contribution >= 4 is 28.2 Å². The van der Waals surface area contributed by atoms with Crippen LogP contribution in [0.1, 0.15) is 38.7 Å². The van der Waals surface area contributed by atoms with Crippen LogP contribution in [0.5, 0.6) is 0 Å². The van der Waals surface area contributed by atoms with E-state index in [1.54, 1.807) is 0 Å². The van der Waals surface area contributed by atoms with E-state index < -0.39 is 5.97 Å². The molecule has 5 nitrogen and oxygen atoms in total. The Kier molecular flexibility index (Phi) is 5.63. The highest BCUT2D eigenvalue weighted by molar-refractivity contribution is 6.24. The molecule has 1 fully saturated rings. The van der Waals surface area contributed by atoms with E-state index in [1.807, 2.05) is 56.3 Å². The van der Waals surface area contributed by atoms with E-state index in [2.05, 4.69) is 4.99 Å². The minimum absolute atomic E-state index is 0.00549. The summed E-state index contributed by atoms with van der Waals surface area (Å²) in [5.41, 5.74) is 1.45. The van der Waals surface area contributed by atoms with E-state index in [9.17, 15) is 14.7 Å². The van der Waals surface area contributed by atoms with Gasteiger partial charge in [0, 0.05) is 25.1 Å². The second-order valence-corrected chi connectivity index (χ2v) is 8.05. The second kappa shape index (κ2) is 7.97. The summed E-state index contributed by atoms with van der Waals surface area (Å²) in [6.45, 7) is 4.06. The molecular weight excluding hydrogens is 354 g/mol. The normalized spacial score (nSPS) is 19.8. The molecule has 28 heavy (non-hydrogen) atoms. The first-order chi connectivity index (χ1) is 13.3. The maximum Gasteiger partial charge on any atom is 0.305 e. The first-order valence-electron chi connectivity index (χ1n) is 9.44. The SMILES string of the molecule is CC1(C)CC(=O)C(=C(O)Cc2cccc3ccccc23)C(=NCCC(=O)O)C1. The Labute approximate surface area is 164 Å². The van der Waals surface area contributed by atoms with Crippen LogP contribution in [0.4, 0.5) is 0 Å². The number of aliphatic carboxylic acids is 1. The minimum Gasteiger partial charge on any atom is -0.511 e. The van der Waals surface area contributed by atoms with Crippen molar-refractivity contribution in [2.45, 2.75) is 39.5 Å². The van der Waals surface area contributed by atoms with Gasteiger partial charge in [-0.15, -0.1) is 0 Å². The van der Waals surface area contributed by atoms with Crippen molar-refractivity contribution in [1.29, 1.82) is 0 Å². The van der Waals surface area contributed by atoms with Crippen molar-refractivity contribution in [1.82, 2.24) is 0 Å². The highest BCUT2D eigenvalue weighted by Crippen LogP contribution is 2.36. The number of nitrogens with zero attached hydrogens (tertiary/aromatic N) is 1. The van der Waals surface area contributed by atoms with Crippen LogP contribution in [-0.4, -0.2) is 34.2 Å². The molecule has 0 saturated heterocycles. The first kappa shape index (κ1) is 19.8. The van der Waals surface area contributed by atoms with E-state index >= 15 is 0 Å². The number of carbonyl (C=O) groups is 2. The molecule has 1 saturated carbocycles. The number of hydrogen-bond acceptors (Lipinski definition) is 4. The number of aliphatic hydroxyl groups excluding tert-OH is 1. The summed E-state index contributed by atoms with van der Waals surface area (Å²) in [5, 5.41) is 21.8. The van der Waals surface area contributed by atoms with Crippen LogP contribution in [0.25, 0.3) is 10.8 Å². The van der Waals surface area contributed by atoms with Gasteiger partial charge in [0.15, 0.2) is 5.78 Å². The van der Waals surface area contributed by atoms with E-state index in [-0.39, 0.29) is 41.9 Å². The zero-order valence-electron chi connectivity index (χ0n) is 16.2. The van der Waals surface area contributed by atoms with Gasteiger partial charge in [0.05, 0.1) is 12.0 Å². The van der Waals surface area contributed by atoms with Gasteiger partial charge < -0.3 is 10.2 Å². The van der Waals surface area contributed by atoms with Gasteiger partial charge >= 0.3 is 5.97 Å². The zero-order chi connectivity index (χ0) is 20.3. The van der Waals surface area contributed by atoms with E-state index in [0.29, 0.717) is 18.6 Å². The quantitative estimate of drug-likeness (QED) is 0.591. The molecule has 1 aliphatic carbocycles. The Morgan fingerprint density at radius 2 is 1.79 bits per heavy atom. The van der Waals surface area contributed by atoms with Crippen molar-refractivity contribution in [3.63, 3.8) is 0 Å². The Morgan fingerprint density at radius 1 is 1.07 bits per heavy atom. The molecule has 2 aromatic rings. The summed E-state index contributed by atoms with van der Waals surface area (Å²) < 4.78 is 0. The highest BCUT2D eigenvalue weighted by atomic mass is 16.4. The molecule has 2 N–H and O–H groups in total. The third-order valence-corrected chi connectivity index (χ3v) is 5.01. The predicted octanol–water partition coefficient (Wildman–Crippen LogP) is 4.50. The number of aliphatic imine (C=N–C) groups is 1. The Balaban J connectivity index is 1.98. The lowest BCUT2D eigenvalue weighted by Crippen LogP contribution is -2.33. The van der Waals surface area contributed by atoms with E-state index in [1.165, 1.54) is 0 Å². The average Bonchev–Trinajstić information content (AvgIpc) is 2.60. The molecule has 0 atom stereocenters. The second-order valence-electron chi connectivity index (χ2n) is 8.05. The topological polar surface area (TPSA) is 87.0 Å². The summed E-state index contributed by atoms with van der Waals surface area (Å²) in [7, 11) is 0. The number of aliphatic hydroxyl groups is 1. The predicted molar refractivity (Wildman–Crippen MR) is 110 cm³/mol. The lowest BCUT2D eigenvalue weighted by Gasteiger charge is -2.31. The molecule has 0 radical (unpaired) electrons.